The molecule has 0 aliphatic rings. The molecule has 0 spiro atoms. The highest BCUT2D eigenvalue weighted by Crippen LogP contribution is 2.16. The molecule has 2 atom stereocenters. The number of hydrogen-bond donors (Lipinski definition) is 1. The average molecular weight is 331 g/mol. The maximum absolute atomic E-state index is 12.9. The summed E-state index contributed by atoms with van der Waals surface area (Å²) < 4.78 is 24.1. The van der Waals surface area contributed by atoms with Crippen LogP contribution in [0.2, 0.25) is 0 Å². The monoisotopic (exact) mass is 331 g/mol. The molecule has 0 radical (unpaired) electrons. The number of carbonyl (C=O) groups is 1. The minimum atomic E-state index is -0.684. The van der Waals surface area contributed by atoms with Gasteiger partial charge in [-0.25, -0.2) is 4.39 Å². The molecule has 128 valence electrons. The Hall–Kier alpha value is -2.56. The van der Waals surface area contributed by atoms with Gasteiger partial charge in [0, 0.05) is 0 Å². The van der Waals surface area contributed by atoms with E-state index in [0.29, 0.717) is 12.4 Å². The van der Waals surface area contributed by atoms with Crippen molar-refractivity contribution in [2.45, 2.75) is 32.9 Å². The molecule has 0 heterocycles. The van der Waals surface area contributed by atoms with E-state index in [2.05, 4.69) is 5.32 Å². The van der Waals surface area contributed by atoms with E-state index in [4.69, 9.17) is 9.47 Å². The zero-order valence-corrected chi connectivity index (χ0v) is 14.1. The lowest BCUT2D eigenvalue weighted by atomic mass is 10.2. The van der Waals surface area contributed by atoms with Crippen LogP contribution in [0.1, 0.15) is 19.4 Å². The molecule has 0 saturated carbocycles. The molecule has 0 saturated heterocycles. The highest BCUT2D eigenvalue weighted by molar-refractivity contribution is 5.80. The first-order valence-corrected chi connectivity index (χ1v) is 7.86. The van der Waals surface area contributed by atoms with Gasteiger partial charge in [-0.3, -0.25) is 4.79 Å². The van der Waals surface area contributed by atoms with Gasteiger partial charge in [0.1, 0.15) is 23.9 Å². The fourth-order valence-corrected chi connectivity index (χ4v) is 2.11. The fraction of sp³-hybridized carbons (Fsp3) is 0.316. The summed E-state index contributed by atoms with van der Waals surface area (Å²) in [5.74, 6) is 0.652. The van der Waals surface area contributed by atoms with Crippen molar-refractivity contribution in [2.75, 3.05) is 6.61 Å². The highest BCUT2D eigenvalue weighted by atomic mass is 19.1. The number of halogens is 1. The van der Waals surface area contributed by atoms with Gasteiger partial charge in [-0.05, 0) is 56.7 Å². The third-order valence-corrected chi connectivity index (χ3v) is 3.47. The predicted octanol–water partition coefficient (Wildman–Crippen LogP) is 3.49. The van der Waals surface area contributed by atoms with E-state index in [1.807, 2.05) is 38.1 Å². The number of rotatable bonds is 7. The Bertz CT molecular complexity index is 673. The minimum absolute atomic E-state index is 0.170. The van der Waals surface area contributed by atoms with E-state index in [1.54, 1.807) is 6.92 Å². The number of benzene rings is 2. The molecule has 4 nitrogen and oxygen atoms in total. The van der Waals surface area contributed by atoms with Gasteiger partial charge in [-0.2, -0.15) is 0 Å². The summed E-state index contributed by atoms with van der Waals surface area (Å²) in [6.07, 6.45) is -0.684. The fourth-order valence-electron chi connectivity index (χ4n) is 2.11. The lowest BCUT2D eigenvalue weighted by Gasteiger charge is -2.19. The summed E-state index contributed by atoms with van der Waals surface area (Å²) in [6.45, 7) is 5.84. The number of hydrogen-bond acceptors (Lipinski definition) is 3. The molecular formula is C19H22FNO3. The topological polar surface area (TPSA) is 47.6 Å². The molecule has 0 bridgehead atoms. The second-order valence-corrected chi connectivity index (χ2v) is 5.70. The van der Waals surface area contributed by atoms with E-state index in [1.165, 1.54) is 24.3 Å². The van der Waals surface area contributed by atoms with E-state index in [0.717, 1.165) is 11.3 Å². The van der Waals surface area contributed by atoms with Gasteiger partial charge in [0.05, 0.1) is 6.04 Å². The van der Waals surface area contributed by atoms with Crippen molar-refractivity contribution in [1.82, 2.24) is 5.32 Å². The lowest BCUT2D eigenvalue weighted by Crippen LogP contribution is -2.43. The van der Waals surface area contributed by atoms with Crippen LogP contribution in [0, 0.1) is 12.7 Å². The maximum atomic E-state index is 12.9. The SMILES string of the molecule is Cc1ccccc1OC[C@H](C)NC(=O)[C@H](C)Oc1ccc(F)cc1. The van der Waals surface area contributed by atoms with Crippen molar-refractivity contribution in [2.24, 2.45) is 0 Å². The zero-order valence-electron chi connectivity index (χ0n) is 14.1. The van der Waals surface area contributed by atoms with E-state index in [-0.39, 0.29) is 17.8 Å². The van der Waals surface area contributed by atoms with Crippen molar-refractivity contribution in [3.63, 3.8) is 0 Å². The van der Waals surface area contributed by atoms with Crippen molar-refractivity contribution >= 4 is 5.91 Å². The first-order chi connectivity index (χ1) is 11.5. The van der Waals surface area contributed by atoms with Crippen molar-refractivity contribution in [1.29, 1.82) is 0 Å². The second kappa shape index (κ2) is 8.34. The van der Waals surface area contributed by atoms with Crippen LogP contribution in [0.3, 0.4) is 0 Å². The van der Waals surface area contributed by atoms with Gasteiger partial charge >= 0.3 is 0 Å². The number of nitrogens with one attached hydrogen (secondary N) is 1. The van der Waals surface area contributed by atoms with Crippen LogP contribution >= 0.6 is 0 Å². The molecule has 5 heteroatoms. The molecule has 2 aromatic rings. The van der Waals surface area contributed by atoms with Gasteiger partial charge in [0.15, 0.2) is 6.10 Å². The summed E-state index contributed by atoms with van der Waals surface area (Å²) in [4.78, 5) is 12.1. The molecule has 0 unspecified atom stereocenters. The average Bonchev–Trinajstić information content (AvgIpc) is 2.56. The van der Waals surface area contributed by atoms with Crippen LogP contribution in [-0.2, 0) is 4.79 Å². The largest absolute Gasteiger partial charge is 0.491 e. The number of ether oxygens (including phenoxy) is 2. The first-order valence-electron chi connectivity index (χ1n) is 7.86. The molecule has 24 heavy (non-hydrogen) atoms. The van der Waals surface area contributed by atoms with Gasteiger partial charge in [0.2, 0.25) is 0 Å². The Labute approximate surface area is 141 Å². The maximum Gasteiger partial charge on any atom is 0.261 e. The standard InChI is InChI=1S/C19H22FNO3/c1-13-6-4-5-7-18(13)23-12-14(2)21-19(22)15(3)24-17-10-8-16(20)9-11-17/h4-11,14-15H,12H2,1-3H3,(H,21,22)/t14-,15-/m0/s1. The number of carbonyl (C=O) groups excluding carboxylic acids is 1. The van der Waals surface area contributed by atoms with E-state index < -0.39 is 6.10 Å². The van der Waals surface area contributed by atoms with Crippen LogP contribution in [0.4, 0.5) is 4.39 Å². The Morgan fingerprint density at radius 1 is 1.12 bits per heavy atom. The number of para-hydroxylation sites is 1. The lowest BCUT2D eigenvalue weighted by molar-refractivity contribution is -0.128. The third kappa shape index (κ3) is 5.26. The summed E-state index contributed by atoms with van der Waals surface area (Å²) in [6, 6.07) is 13.1. The molecule has 2 aromatic carbocycles. The summed E-state index contributed by atoms with van der Waals surface area (Å²) in [5.41, 5.74) is 1.05. The molecular weight excluding hydrogens is 309 g/mol. The van der Waals surface area contributed by atoms with Gasteiger partial charge in [-0.1, -0.05) is 18.2 Å². The molecule has 1 N–H and O–H groups in total. The van der Waals surface area contributed by atoms with Gasteiger partial charge in [-0.15, -0.1) is 0 Å². The highest BCUT2D eigenvalue weighted by Gasteiger charge is 2.17. The Morgan fingerprint density at radius 2 is 1.79 bits per heavy atom. The molecule has 0 fully saturated rings. The van der Waals surface area contributed by atoms with Crippen LogP contribution in [-0.4, -0.2) is 24.7 Å². The minimum Gasteiger partial charge on any atom is -0.491 e. The normalized spacial score (nSPS) is 13.0. The molecule has 2 rings (SSSR count). The van der Waals surface area contributed by atoms with Gasteiger partial charge in [0.25, 0.3) is 5.91 Å². The first kappa shape index (κ1) is 17.8. The van der Waals surface area contributed by atoms with Crippen LogP contribution in [0.5, 0.6) is 11.5 Å². The second-order valence-electron chi connectivity index (χ2n) is 5.70. The quantitative estimate of drug-likeness (QED) is 0.845. The molecule has 0 aliphatic heterocycles. The summed E-state index contributed by atoms with van der Waals surface area (Å²) >= 11 is 0. The zero-order chi connectivity index (χ0) is 17.5. The molecule has 1 amide bonds. The third-order valence-electron chi connectivity index (χ3n) is 3.47. The predicted molar refractivity (Wildman–Crippen MR) is 90.8 cm³/mol. The molecule has 0 aromatic heterocycles. The Balaban J connectivity index is 1.80. The smallest absolute Gasteiger partial charge is 0.261 e. The van der Waals surface area contributed by atoms with Crippen molar-refractivity contribution in [3.05, 3.63) is 59.9 Å². The van der Waals surface area contributed by atoms with Crippen molar-refractivity contribution < 1.29 is 18.7 Å². The summed E-state index contributed by atoms with van der Waals surface area (Å²) in [7, 11) is 0. The Kier molecular flexibility index (Phi) is 6.18. The van der Waals surface area contributed by atoms with E-state index >= 15 is 0 Å². The summed E-state index contributed by atoms with van der Waals surface area (Å²) in [5, 5.41) is 2.84. The number of aryl methyl sites for hydroxylation is 1. The van der Waals surface area contributed by atoms with E-state index in [9.17, 15) is 9.18 Å². The Morgan fingerprint density at radius 3 is 2.46 bits per heavy atom. The molecule has 0 aliphatic carbocycles. The van der Waals surface area contributed by atoms with Crippen LogP contribution in [0.15, 0.2) is 48.5 Å². The number of amides is 1. The van der Waals surface area contributed by atoms with Gasteiger partial charge < -0.3 is 14.8 Å². The van der Waals surface area contributed by atoms with Crippen LogP contribution in [0.25, 0.3) is 0 Å². The van der Waals surface area contributed by atoms with Crippen LogP contribution < -0.4 is 14.8 Å². The van der Waals surface area contributed by atoms with Crippen molar-refractivity contribution in [3.8, 4) is 11.5 Å².